The Kier molecular flexibility index (Phi) is 4.86. The number of rotatable bonds is 6. The minimum absolute atomic E-state index is 0.0609. The first kappa shape index (κ1) is 13.9. The summed E-state index contributed by atoms with van der Waals surface area (Å²) in [5, 5.41) is 0. The van der Waals surface area contributed by atoms with Crippen molar-refractivity contribution < 1.29 is 8.42 Å². The Balaban J connectivity index is 2.89. The van der Waals surface area contributed by atoms with E-state index in [1.807, 2.05) is 13.8 Å². The average Bonchev–Trinajstić information content (AvgIpc) is 2.35. The first-order valence-corrected chi connectivity index (χ1v) is 6.91. The van der Waals surface area contributed by atoms with Crippen LogP contribution >= 0.6 is 0 Å². The first-order valence-electron chi connectivity index (χ1n) is 5.42. The molecule has 1 aromatic heterocycles. The average molecular weight is 258 g/mol. The van der Waals surface area contributed by atoms with Gasteiger partial charge in [0.25, 0.3) is 0 Å². The topological polar surface area (TPSA) is 97.1 Å². The van der Waals surface area contributed by atoms with E-state index in [-0.39, 0.29) is 16.6 Å². The highest BCUT2D eigenvalue weighted by molar-refractivity contribution is 7.89. The fourth-order valence-electron chi connectivity index (χ4n) is 1.19. The van der Waals surface area contributed by atoms with E-state index in [1.54, 1.807) is 6.07 Å². The molecule has 0 aliphatic rings. The maximum absolute atomic E-state index is 12.0. The van der Waals surface area contributed by atoms with Gasteiger partial charge in [0.05, 0.1) is 0 Å². The van der Waals surface area contributed by atoms with Crippen molar-refractivity contribution >= 4 is 15.8 Å². The van der Waals surface area contributed by atoms with Crippen molar-refractivity contribution in [3.63, 3.8) is 0 Å². The van der Waals surface area contributed by atoms with E-state index in [2.05, 4.69) is 15.1 Å². The summed E-state index contributed by atoms with van der Waals surface area (Å²) in [7, 11) is -3.56. The Morgan fingerprint density at radius 1 is 1.53 bits per heavy atom. The molecular weight excluding hydrogens is 240 g/mol. The molecule has 4 N–H and O–H groups in total. The maximum Gasteiger partial charge on any atom is 0.244 e. The van der Waals surface area contributed by atoms with Crippen molar-refractivity contribution in [2.75, 3.05) is 12.0 Å². The molecule has 17 heavy (non-hydrogen) atoms. The van der Waals surface area contributed by atoms with E-state index in [9.17, 15) is 8.42 Å². The summed E-state index contributed by atoms with van der Waals surface area (Å²) in [6.45, 7) is 4.39. The molecule has 1 heterocycles. The molecule has 6 nitrogen and oxygen atoms in total. The molecule has 0 spiro atoms. The molecular formula is C10H18N4O2S. The number of aromatic nitrogens is 1. The van der Waals surface area contributed by atoms with Gasteiger partial charge in [-0.25, -0.2) is 24.0 Å². The lowest BCUT2D eigenvalue weighted by Crippen LogP contribution is -2.29. The van der Waals surface area contributed by atoms with Crippen LogP contribution in [0.15, 0.2) is 23.2 Å². The zero-order valence-corrected chi connectivity index (χ0v) is 10.8. The van der Waals surface area contributed by atoms with E-state index in [1.165, 1.54) is 12.3 Å². The molecule has 7 heteroatoms. The number of nitrogens with two attached hydrogens (primary N) is 1. The Labute approximate surface area is 102 Å². The lowest BCUT2D eigenvalue weighted by molar-refractivity contribution is 0.528. The fraction of sp³-hybridized carbons (Fsp3) is 0.500. The zero-order valence-electron chi connectivity index (χ0n) is 9.97. The van der Waals surface area contributed by atoms with Crippen LogP contribution in [0.5, 0.6) is 0 Å². The fourth-order valence-corrected chi connectivity index (χ4v) is 2.47. The standard InChI is InChI=1S/C10H18N4O2S/c1-3-8(2)7-13-17(15,16)9-5-4-6-12-10(9)14-11/h4-6,8,13H,3,7,11H2,1-2H3,(H,12,14). The van der Waals surface area contributed by atoms with Gasteiger partial charge in [0.1, 0.15) is 4.90 Å². The molecule has 96 valence electrons. The summed E-state index contributed by atoms with van der Waals surface area (Å²) in [6, 6.07) is 3.01. The van der Waals surface area contributed by atoms with Crippen LogP contribution in [0.25, 0.3) is 0 Å². The number of hydrogen-bond acceptors (Lipinski definition) is 5. The normalized spacial score (nSPS) is 13.4. The van der Waals surface area contributed by atoms with Gasteiger partial charge in [-0.15, -0.1) is 0 Å². The molecule has 0 saturated carbocycles. The minimum Gasteiger partial charge on any atom is -0.307 e. The van der Waals surface area contributed by atoms with Crippen molar-refractivity contribution in [3.05, 3.63) is 18.3 Å². The van der Waals surface area contributed by atoms with Gasteiger partial charge in [0.15, 0.2) is 5.82 Å². The number of sulfonamides is 1. The molecule has 0 amide bonds. The summed E-state index contributed by atoms with van der Waals surface area (Å²) in [4.78, 5) is 3.92. The van der Waals surface area contributed by atoms with E-state index in [0.717, 1.165) is 6.42 Å². The smallest absolute Gasteiger partial charge is 0.244 e. The quantitative estimate of drug-likeness (QED) is 0.515. The molecule has 0 fully saturated rings. The van der Waals surface area contributed by atoms with Crippen LogP contribution < -0.4 is 16.0 Å². The van der Waals surface area contributed by atoms with Gasteiger partial charge in [-0.3, -0.25) is 0 Å². The van der Waals surface area contributed by atoms with Crippen molar-refractivity contribution in [2.45, 2.75) is 25.2 Å². The maximum atomic E-state index is 12.0. The van der Waals surface area contributed by atoms with Crippen LogP contribution in [-0.4, -0.2) is 19.9 Å². The molecule has 0 aromatic carbocycles. The van der Waals surface area contributed by atoms with Crippen molar-refractivity contribution in [1.29, 1.82) is 0 Å². The van der Waals surface area contributed by atoms with Crippen LogP contribution in [-0.2, 0) is 10.0 Å². The Morgan fingerprint density at radius 2 is 2.24 bits per heavy atom. The van der Waals surface area contributed by atoms with Crippen molar-refractivity contribution in [2.24, 2.45) is 11.8 Å². The number of nitrogen functional groups attached to an aromatic ring is 1. The highest BCUT2D eigenvalue weighted by Crippen LogP contribution is 2.16. The van der Waals surface area contributed by atoms with Gasteiger partial charge in [0.2, 0.25) is 10.0 Å². The molecule has 1 unspecified atom stereocenters. The van der Waals surface area contributed by atoms with Gasteiger partial charge in [-0.1, -0.05) is 20.3 Å². The van der Waals surface area contributed by atoms with Crippen LogP contribution in [0.1, 0.15) is 20.3 Å². The predicted octanol–water partition coefficient (Wildman–Crippen LogP) is 0.692. The monoisotopic (exact) mass is 258 g/mol. The van der Waals surface area contributed by atoms with Gasteiger partial charge in [-0.2, -0.15) is 0 Å². The number of anilines is 1. The Bertz CT molecular complexity index is 461. The molecule has 0 saturated heterocycles. The second-order valence-corrected chi connectivity index (χ2v) is 5.60. The van der Waals surface area contributed by atoms with E-state index in [4.69, 9.17) is 5.84 Å². The van der Waals surface area contributed by atoms with Crippen molar-refractivity contribution in [1.82, 2.24) is 9.71 Å². The second-order valence-electron chi connectivity index (χ2n) is 3.86. The third-order valence-electron chi connectivity index (χ3n) is 2.52. The molecule has 0 radical (unpaired) electrons. The summed E-state index contributed by atoms with van der Waals surface area (Å²) in [5.74, 6) is 5.66. The number of hydrazine groups is 1. The SMILES string of the molecule is CCC(C)CNS(=O)(=O)c1cccnc1NN. The Morgan fingerprint density at radius 3 is 2.82 bits per heavy atom. The van der Waals surface area contributed by atoms with Crippen LogP contribution in [0.2, 0.25) is 0 Å². The van der Waals surface area contributed by atoms with E-state index >= 15 is 0 Å². The molecule has 1 aromatic rings. The van der Waals surface area contributed by atoms with Gasteiger partial charge in [-0.05, 0) is 18.1 Å². The number of hydrogen-bond donors (Lipinski definition) is 3. The Hall–Kier alpha value is -1.18. The lowest BCUT2D eigenvalue weighted by atomic mass is 10.1. The molecule has 0 aliphatic heterocycles. The zero-order chi connectivity index (χ0) is 12.9. The first-order chi connectivity index (χ1) is 8.01. The van der Waals surface area contributed by atoms with E-state index in [0.29, 0.717) is 6.54 Å². The molecule has 1 atom stereocenters. The molecule has 0 aliphatic carbocycles. The van der Waals surface area contributed by atoms with Crippen LogP contribution in [0.3, 0.4) is 0 Å². The highest BCUT2D eigenvalue weighted by atomic mass is 32.2. The summed E-state index contributed by atoms with van der Waals surface area (Å²) in [6.07, 6.45) is 2.39. The summed E-state index contributed by atoms with van der Waals surface area (Å²) in [5.41, 5.74) is 2.27. The summed E-state index contributed by atoms with van der Waals surface area (Å²) < 4.78 is 26.5. The second kappa shape index (κ2) is 5.95. The summed E-state index contributed by atoms with van der Waals surface area (Å²) >= 11 is 0. The van der Waals surface area contributed by atoms with Crippen LogP contribution in [0, 0.1) is 5.92 Å². The predicted molar refractivity (Wildman–Crippen MR) is 66.7 cm³/mol. The van der Waals surface area contributed by atoms with Crippen molar-refractivity contribution in [3.8, 4) is 0 Å². The van der Waals surface area contributed by atoms with Gasteiger partial charge >= 0.3 is 0 Å². The number of nitrogens with zero attached hydrogens (tertiary/aromatic N) is 1. The van der Waals surface area contributed by atoms with Gasteiger partial charge in [0, 0.05) is 12.7 Å². The third kappa shape index (κ3) is 3.65. The third-order valence-corrected chi connectivity index (χ3v) is 3.97. The van der Waals surface area contributed by atoms with Gasteiger partial charge < -0.3 is 5.43 Å². The number of pyridine rings is 1. The lowest BCUT2D eigenvalue weighted by Gasteiger charge is -2.12. The molecule has 1 rings (SSSR count). The minimum atomic E-state index is -3.56. The van der Waals surface area contributed by atoms with Crippen LogP contribution in [0.4, 0.5) is 5.82 Å². The highest BCUT2D eigenvalue weighted by Gasteiger charge is 2.19. The molecule has 0 bridgehead atoms. The van der Waals surface area contributed by atoms with E-state index < -0.39 is 10.0 Å². The largest absolute Gasteiger partial charge is 0.307 e. The number of nitrogens with one attached hydrogen (secondary N) is 2.